The predicted octanol–water partition coefficient (Wildman–Crippen LogP) is 5.55. The number of halogens is 3. The van der Waals surface area contributed by atoms with Gasteiger partial charge in [-0.15, -0.1) is 0 Å². The third kappa shape index (κ3) is 2.73. The van der Waals surface area contributed by atoms with Gasteiger partial charge in [0.2, 0.25) is 0 Å². The maximum Gasteiger partial charge on any atom is 0.416 e. The molecule has 0 radical (unpaired) electrons. The molecule has 0 aromatic heterocycles. The van der Waals surface area contributed by atoms with Crippen LogP contribution in [0.4, 0.5) is 13.2 Å². The highest BCUT2D eigenvalue weighted by Crippen LogP contribution is 2.44. The fourth-order valence-corrected chi connectivity index (χ4v) is 3.65. The van der Waals surface area contributed by atoms with E-state index in [1.165, 1.54) is 19.1 Å². The number of alkyl halides is 3. The van der Waals surface area contributed by atoms with Crippen LogP contribution in [0.3, 0.4) is 0 Å². The average Bonchev–Trinajstić information content (AvgIpc) is 2.59. The molecule has 0 bridgehead atoms. The molecule has 26 heavy (non-hydrogen) atoms. The lowest BCUT2D eigenvalue weighted by molar-refractivity contribution is -0.137. The summed E-state index contributed by atoms with van der Waals surface area (Å²) in [5.41, 5.74) is 2.52. The molecular formula is C21H15F3O2. The van der Waals surface area contributed by atoms with Gasteiger partial charge >= 0.3 is 12.1 Å². The number of fused-ring (bicyclic) bond motifs is 5. The molecule has 0 fully saturated rings. The highest BCUT2D eigenvalue weighted by molar-refractivity contribution is 6.01. The number of carbonyl (C=O) groups is 1. The normalized spacial score (nSPS) is 13.2. The summed E-state index contributed by atoms with van der Waals surface area (Å²) in [6.07, 6.45) is -3.37. The fourth-order valence-electron chi connectivity index (χ4n) is 3.65. The molecule has 3 aromatic rings. The quantitative estimate of drug-likeness (QED) is 0.422. The van der Waals surface area contributed by atoms with E-state index in [1.54, 1.807) is 0 Å². The second kappa shape index (κ2) is 5.87. The smallest absolute Gasteiger partial charge is 0.416 e. The molecule has 5 heteroatoms. The van der Waals surface area contributed by atoms with Crippen molar-refractivity contribution in [2.75, 3.05) is 0 Å². The van der Waals surface area contributed by atoms with Gasteiger partial charge < -0.3 is 4.74 Å². The standard InChI is InChI=1S/C21H15F3O2/c1-12(25)26-19-11-13-4-2-3-5-16(13)20-17-9-7-15(21(22,23)24)10-14(17)6-8-18(19)20/h2-5,7,9-11H,6,8H2,1H3. The van der Waals surface area contributed by atoms with E-state index < -0.39 is 17.7 Å². The first-order chi connectivity index (χ1) is 12.3. The SMILES string of the molecule is CC(=O)Oc1cc2ccccc2c2c1CCc1cc(C(F)(F)F)ccc1-2. The molecule has 0 amide bonds. The summed E-state index contributed by atoms with van der Waals surface area (Å²) in [5, 5.41) is 1.83. The van der Waals surface area contributed by atoms with Gasteiger partial charge in [0, 0.05) is 12.5 Å². The van der Waals surface area contributed by atoms with Gasteiger partial charge in [0.05, 0.1) is 5.56 Å². The van der Waals surface area contributed by atoms with Crippen molar-refractivity contribution in [2.24, 2.45) is 0 Å². The molecule has 0 spiro atoms. The highest BCUT2D eigenvalue weighted by Gasteiger charge is 2.32. The van der Waals surface area contributed by atoms with E-state index >= 15 is 0 Å². The number of rotatable bonds is 1. The van der Waals surface area contributed by atoms with Gasteiger partial charge in [-0.05, 0) is 58.5 Å². The monoisotopic (exact) mass is 356 g/mol. The Labute approximate surface area is 148 Å². The summed E-state index contributed by atoms with van der Waals surface area (Å²) >= 11 is 0. The fraction of sp³-hybridized carbons (Fsp3) is 0.190. The zero-order chi connectivity index (χ0) is 18.5. The van der Waals surface area contributed by atoms with Crippen LogP contribution in [0.15, 0.2) is 48.5 Å². The summed E-state index contributed by atoms with van der Waals surface area (Å²) in [6.45, 7) is 1.34. The molecule has 0 saturated carbocycles. The molecule has 0 aliphatic heterocycles. The van der Waals surface area contributed by atoms with Gasteiger partial charge in [-0.1, -0.05) is 30.3 Å². The lowest BCUT2D eigenvalue weighted by Gasteiger charge is -2.25. The first kappa shape index (κ1) is 16.6. The lowest BCUT2D eigenvalue weighted by Crippen LogP contribution is -2.12. The van der Waals surface area contributed by atoms with Crippen molar-refractivity contribution < 1.29 is 22.7 Å². The minimum Gasteiger partial charge on any atom is -0.426 e. The summed E-state index contributed by atoms with van der Waals surface area (Å²) in [6, 6.07) is 13.3. The van der Waals surface area contributed by atoms with Crippen molar-refractivity contribution >= 4 is 16.7 Å². The Morgan fingerprint density at radius 2 is 1.81 bits per heavy atom. The Bertz CT molecular complexity index is 1040. The topological polar surface area (TPSA) is 26.3 Å². The number of carbonyl (C=O) groups excluding carboxylic acids is 1. The van der Waals surface area contributed by atoms with Gasteiger partial charge in [0.15, 0.2) is 0 Å². The molecule has 0 N–H and O–H groups in total. The average molecular weight is 356 g/mol. The van der Waals surface area contributed by atoms with E-state index in [2.05, 4.69) is 0 Å². The number of hydrogen-bond acceptors (Lipinski definition) is 2. The molecule has 3 aromatic carbocycles. The van der Waals surface area contributed by atoms with Crippen molar-refractivity contribution in [1.29, 1.82) is 0 Å². The first-order valence-corrected chi connectivity index (χ1v) is 8.28. The largest absolute Gasteiger partial charge is 0.426 e. The molecule has 2 nitrogen and oxygen atoms in total. The molecule has 0 heterocycles. The van der Waals surface area contributed by atoms with Gasteiger partial charge in [-0.2, -0.15) is 13.2 Å². The van der Waals surface area contributed by atoms with Gasteiger partial charge in [-0.25, -0.2) is 0 Å². The maximum atomic E-state index is 13.1. The number of hydrogen-bond donors (Lipinski definition) is 0. The Hall–Kier alpha value is -2.82. The number of aryl methyl sites for hydroxylation is 1. The van der Waals surface area contributed by atoms with Crippen molar-refractivity contribution in [1.82, 2.24) is 0 Å². The molecule has 132 valence electrons. The van der Waals surface area contributed by atoms with E-state index in [4.69, 9.17) is 4.74 Å². The molecule has 0 unspecified atom stereocenters. The van der Waals surface area contributed by atoms with Crippen LogP contribution in [0.1, 0.15) is 23.6 Å². The van der Waals surface area contributed by atoms with Gasteiger partial charge in [0.25, 0.3) is 0 Å². The minimum atomic E-state index is -4.36. The Balaban J connectivity index is 2.00. The van der Waals surface area contributed by atoms with Crippen molar-refractivity contribution in [3.8, 4) is 16.9 Å². The first-order valence-electron chi connectivity index (χ1n) is 8.28. The lowest BCUT2D eigenvalue weighted by atomic mass is 9.81. The van der Waals surface area contributed by atoms with E-state index in [0.717, 1.165) is 33.5 Å². The Morgan fingerprint density at radius 1 is 1.04 bits per heavy atom. The van der Waals surface area contributed by atoms with Gasteiger partial charge in [0.1, 0.15) is 5.75 Å². The Morgan fingerprint density at radius 3 is 2.54 bits per heavy atom. The van der Waals surface area contributed by atoms with Crippen LogP contribution in [0.25, 0.3) is 21.9 Å². The summed E-state index contributed by atoms with van der Waals surface area (Å²) < 4.78 is 44.6. The molecule has 0 atom stereocenters. The van der Waals surface area contributed by atoms with Crippen LogP contribution in [0, 0.1) is 0 Å². The van der Waals surface area contributed by atoms with E-state index in [1.807, 2.05) is 30.3 Å². The third-order valence-electron chi connectivity index (χ3n) is 4.72. The Kier molecular flexibility index (Phi) is 3.75. The van der Waals surface area contributed by atoms with Crippen molar-refractivity contribution in [2.45, 2.75) is 25.9 Å². The van der Waals surface area contributed by atoms with Gasteiger partial charge in [-0.3, -0.25) is 4.79 Å². The second-order valence-electron chi connectivity index (χ2n) is 6.41. The minimum absolute atomic E-state index is 0.416. The molecule has 1 aliphatic rings. The number of ether oxygens (including phenoxy) is 1. The van der Waals surface area contributed by atoms with Crippen LogP contribution in [0.5, 0.6) is 5.75 Å². The zero-order valence-electron chi connectivity index (χ0n) is 14.0. The molecule has 0 saturated heterocycles. The van der Waals surface area contributed by atoms with Crippen molar-refractivity contribution in [3.63, 3.8) is 0 Å². The van der Waals surface area contributed by atoms with Crippen LogP contribution in [-0.4, -0.2) is 5.97 Å². The molecular weight excluding hydrogens is 341 g/mol. The summed E-state index contributed by atoms with van der Waals surface area (Å²) in [5.74, 6) is 0.0671. The highest BCUT2D eigenvalue weighted by atomic mass is 19.4. The van der Waals surface area contributed by atoms with Crippen LogP contribution >= 0.6 is 0 Å². The maximum absolute atomic E-state index is 13.1. The van der Waals surface area contributed by atoms with E-state index in [0.29, 0.717) is 24.2 Å². The second-order valence-corrected chi connectivity index (χ2v) is 6.41. The predicted molar refractivity (Wildman–Crippen MR) is 93.1 cm³/mol. The number of esters is 1. The van der Waals surface area contributed by atoms with E-state index in [9.17, 15) is 18.0 Å². The zero-order valence-corrected chi connectivity index (χ0v) is 14.0. The van der Waals surface area contributed by atoms with Crippen LogP contribution in [0.2, 0.25) is 0 Å². The van der Waals surface area contributed by atoms with Crippen LogP contribution < -0.4 is 4.74 Å². The molecule has 1 aliphatic carbocycles. The third-order valence-corrected chi connectivity index (χ3v) is 4.72. The van der Waals surface area contributed by atoms with Crippen molar-refractivity contribution in [3.05, 3.63) is 65.2 Å². The summed E-state index contributed by atoms with van der Waals surface area (Å²) in [7, 11) is 0. The summed E-state index contributed by atoms with van der Waals surface area (Å²) in [4.78, 5) is 11.5. The molecule has 4 rings (SSSR count). The number of benzene rings is 3. The van der Waals surface area contributed by atoms with Crippen LogP contribution in [-0.2, 0) is 23.8 Å². The van der Waals surface area contributed by atoms with E-state index in [-0.39, 0.29) is 0 Å².